The number of rotatable bonds is 0. The van der Waals surface area contributed by atoms with Crippen LogP contribution in [0.4, 0.5) is 11.8 Å². The summed E-state index contributed by atoms with van der Waals surface area (Å²) >= 11 is 0. The Labute approximate surface area is 67.4 Å². The highest BCUT2D eigenvalue weighted by atomic mass is 15.1. The Balaban J connectivity index is 2.95. The SMILES string of the molecule is C=C1N=c2nc(N)nc(N)c2=N1. The first kappa shape index (κ1) is 6.71. The number of anilines is 2. The van der Waals surface area contributed by atoms with Crippen LogP contribution in [0, 0.1) is 0 Å². The zero-order valence-electron chi connectivity index (χ0n) is 6.15. The van der Waals surface area contributed by atoms with Gasteiger partial charge in [0.15, 0.2) is 16.7 Å². The molecule has 0 aliphatic carbocycles. The molecule has 1 aliphatic heterocycles. The molecule has 0 spiro atoms. The predicted octanol–water partition coefficient (Wildman–Crippen LogP) is -1.63. The molecular weight excluding hydrogens is 156 g/mol. The van der Waals surface area contributed by atoms with Crippen molar-refractivity contribution in [3.8, 4) is 0 Å². The van der Waals surface area contributed by atoms with Crippen molar-refractivity contribution in [1.29, 1.82) is 0 Å². The molecule has 60 valence electrons. The molecule has 0 amide bonds. The normalized spacial score (nSPS) is 13.5. The van der Waals surface area contributed by atoms with E-state index >= 15 is 0 Å². The number of hydrogen-bond donors (Lipinski definition) is 2. The first-order valence-electron chi connectivity index (χ1n) is 3.22. The lowest BCUT2D eigenvalue weighted by Gasteiger charge is -1.91. The summed E-state index contributed by atoms with van der Waals surface area (Å²) < 4.78 is 0. The van der Waals surface area contributed by atoms with E-state index in [0.717, 1.165) is 0 Å². The van der Waals surface area contributed by atoms with E-state index in [0.29, 0.717) is 16.7 Å². The second-order valence-electron chi connectivity index (χ2n) is 2.28. The lowest BCUT2D eigenvalue weighted by Crippen LogP contribution is -2.31. The molecule has 6 nitrogen and oxygen atoms in total. The summed E-state index contributed by atoms with van der Waals surface area (Å²) in [5.41, 5.74) is 11.2. The first-order valence-corrected chi connectivity index (χ1v) is 3.22. The number of nitrogens with zero attached hydrogens (tertiary/aromatic N) is 4. The summed E-state index contributed by atoms with van der Waals surface area (Å²) in [6, 6.07) is 0. The van der Waals surface area contributed by atoms with Crippen LogP contribution < -0.4 is 22.3 Å². The van der Waals surface area contributed by atoms with Crippen LogP contribution in [-0.2, 0) is 0 Å². The van der Waals surface area contributed by atoms with Crippen LogP contribution in [-0.4, -0.2) is 9.97 Å². The molecule has 0 bridgehead atoms. The van der Waals surface area contributed by atoms with Gasteiger partial charge < -0.3 is 11.5 Å². The molecule has 2 rings (SSSR count). The van der Waals surface area contributed by atoms with Gasteiger partial charge in [0.2, 0.25) is 5.95 Å². The van der Waals surface area contributed by atoms with Gasteiger partial charge in [-0.3, -0.25) is 0 Å². The summed E-state index contributed by atoms with van der Waals surface area (Å²) in [6.07, 6.45) is 0. The molecule has 6 heteroatoms. The van der Waals surface area contributed by atoms with E-state index in [1.54, 1.807) is 0 Å². The minimum Gasteiger partial charge on any atom is -0.382 e. The second-order valence-corrected chi connectivity index (χ2v) is 2.28. The standard InChI is InChI=1S/C6H6N6/c1-2-9-3-4(7)11-6(8)12-5(3)10-2/h1H2,(H4,7,8,10,11,12). The van der Waals surface area contributed by atoms with Crippen LogP contribution in [0.2, 0.25) is 0 Å². The van der Waals surface area contributed by atoms with Crippen molar-refractivity contribution < 1.29 is 0 Å². The van der Waals surface area contributed by atoms with Gasteiger partial charge in [-0.25, -0.2) is 9.98 Å². The van der Waals surface area contributed by atoms with Crippen molar-refractivity contribution >= 4 is 11.8 Å². The van der Waals surface area contributed by atoms with E-state index < -0.39 is 0 Å². The highest BCUT2D eigenvalue weighted by Crippen LogP contribution is 1.97. The fourth-order valence-corrected chi connectivity index (χ4v) is 0.939. The van der Waals surface area contributed by atoms with Crippen molar-refractivity contribution in [1.82, 2.24) is 9.97 Å². The van der Waals surface area contributed by atoms with Gasteiger partial charge >= 0.3 is 0 Å². The molecule has 0 aromatic carbocycles. The minimum absolute atomic E-state index is 0.0971. The van der Waals surface area contributed by atoms with Crippen molar-refractivity contribution in [2.75, 3.05) is 11.5 Å². The monoisotopic (exact) mass is 162 g/mol. The van der Waals surface area contributed by atoms with Crippen molar-refractivity contribution in [3.05, 3.63) is 23.2 Å². The number of fused-ring (bicyclic) bond motifs is 1. The van der Waals surface area contributed by atoms with E-state index in [-0.39, 0.29) is 11.8 Å². The smallest absolute Gasteiger partial charge is 0.224 e. The number of hydrogen-bond acceptors (Lipinski definition) is 6. The molecule has 0 radical (unpaired) electrons. The predicted molar refractivity (Wildman–Crippen MR) is 42.3 cm³/mol. The van der Waals surface area contributed by atoms with E-state index in [4.69, 9.17) is 11.5 Å². The Hall–Kier alpha value is -1.98. The summed E-state index contributed by atoms with van der Waals surface area (Å²) in [5.74, 6) is 0.705. The second kappa shape index (κ2) is 2.00. The van der Waals surface area contributed by atoms with Crippen LogP contribution in [0.5, 0.6) is 0 Å². The van der Waals surface area contributed by atoms with Gasteiger partial charge in [0.05, 0.1) is 0 Å². The molecule has 1 aromatic heterocycles. The van der Waals surface area contributed by atoms with E-state index in [1.165, 1.54) is 0 Å². The lowest BCUT2D eigenvalue weighted by atomic mass is 10.5. The summed E-state index contributed by atoms with van der Waals surface area (Å²) in [4.78, 5) is 15.4. The van der Waals surface area contributed by atoms with Crippen molar-refractivity contribution in [3.63, 3.8) is 0 Å². The maximum Gasteiger partial charge on any atom is 0.224 e. The molecule has 0 atom stereocenters. The van der Waals surface area contributed by atoms with Gasteiger partial charge in [0.25, 0.3) is 0 Å². The molecular formula is C6H6N6. The Bertz CT molecular complexity index is 474. The average Bonchev–Trinajstić information content (AvgIpc) is 2.29. The van der Waals surface area contributed by atoms with Crippen LogP contribution in [0.15, 0.2) is 22.4 Å². The molecule has 0 unspecified atom stereocenters. The van der Waals surface area contributed by atoms with Gasteiger partial charge in [0.1, 0.15) is 5.82 Å². The van der Waals surface area contributed by atoms with Crippen LogP contribution in [0.25, 0.3) is 0 Å². The third kappa shape index (κ3) is 0.815. The molecule has 12 heavy (non-hydrogen) atoms. The summed E-state index contributed by atoms with van der Waals surface area (Å²) in [6.45, 7) is 3.54. The van der Waals surface area contributed by atoms with Crippen LogP contribution in [0.1, 0.15) is 0 Å². The third-order valence-electron chi connectivity index (χ3n) is 1.39. The molecule has 0 saturated heterocycles. The van der Waals surface area contributed by atoms with Gasteiger partial charge in [-0.05, 0) is 0 Å². The zero-order valence-corrected chi connectivity index (χ0v) is 6.15. The summed E-state index contributed by atoms with van der Waals surface area (Å²) in [7, 11) is 0. The maximum absolute atomic E-state index is 5.51. The highest BCUT2D eigenvalue weighted by molar-refractivity contribution is 5.33. The van der Waals surface area contributed by atoms with Gasteiger partial charge in [-0.2, -0.15) is 9.97 Å². The quantitative estimate of drug-likeness (QED) is 0.477. The molecule has 0 saturated carbocycles. The fraction of sp³-hybridized carbons (Fsp3) is 0. The Morgan fingerprint density at radius 3 is 2.58 bits per heavy atom. The van der Waals surface area contributed by atoms with E-state index in [2.05, 4.69) is 26.5 Å². The van der Waals surface area contributed by atoms with Crippen LogP contribution >= 0.6 is 0 Å². The number of nitrogen functional groups attached to an aromatic ring is 2. The molecule has 4 N–H and O–H groups in total. The van der Waals surface area contributed by atoms with E-state index in [1.807, 2.05) is 0 Å². The first-order chi connectivity index (χ1) is 5.66. The van der Waals surface area contributed by atoms with E-state index in [9.17, 15) is 0 Å². The number of nitrogens with two attached hydrogens (primary N) is 2. The minimum atomic E-state index is 0.0971. The summed E-state index contributed by atoms with van der Waals surface area (Å²) in [5, 5.41) is 0.453. The Morgan fingerprint density at radius 1 is 1.08 bits per heavy atom. The third-order valence-corrected chi connectivity index (χ3v) is 1.39. The largest absolute Gasteiger partial charge is 0.382 e. The van der Waals surface area contributed by atoms with Crippen molar-refractivity contribution in [2.45, 2.75) is 0 Å². The topological polar surface area (TPSA) is 103 Å². The van der Waals surface area contributed by atoms with Crippen LogP contribution in [0.3, 0.4) is 0 Å². The van der Waals surface area contributed by atoms with Gasteiger partial charge in [0, 0.05) is 0 Å². The molecule has 0 fully saturated rings. The zero-order chi connectivity index (χ0) is 8.72. The highest BCUT2D eigenvalue weighted by Gasteiger charge is 2.06. The number of aromatic nitrogens is 2. The fourth-order valence-electron chi connectivity index (χ4n) is 0.939. The molecule has 1 aromatic rings. The Morgan fingerprint density at radius 2 is 1.83 bits per heavy atom. The molecule has 2 heterocycles. The molecule has 1 aliphatic rings. The average molecular weight is 162 g/mol. The Kier molecular flexibility index (Phi) is 1.12. The van der Waals surface area contributed by atoms with Gasteiger partial charge in [-0.1, -0.05) is 6.58 Å². The maximum atomic E-state index is 5.51. The van der Waals surface area contributed by atoms with Crippen molar-refractivity contribution in [2.24, 2.45) is 9.98 Å². The lowest BCUT2D eigenvalue weighted by molar-refractivity contribution is 1.08. The van der Waals surface area contributed by atoms with Gasteiger partial charge in [-0.15, -0.1) is 0 Å².